The molecule has 3 heterocycles. The summed E-state index contributed by atoms with van der Waals surface area (Å²) >= 11 is 1.85. The molecular weight excluding hydrogens is 489 g/mol. The van der Waals surface area contributed by atoms with Gasteiger partial charge >= 0.3 is 0 Å². The molecule has 3 aromatic rings. The van der Waals surface area contributed by atoms with Gasteiger partial charge in [0.2, 0.25) is 0 Å². The maximum atomic E-state index is 14.7. The standard InChI is InChI=1S/C24H27F3N4O2S.C2H6/c1-14-11-24(33-4,8-9-34-14)18-10-17-21(28-13-29-22(17)31(3)23(18)32)30(2)12-15-6-5-7-16(19(15)25)20(26)27;1-2/h5-7,10,13-14,20H,8-9,11-12H2,1-4H3;1-2H3. The Labute approximate surface area is 213 Å². The molecule has 4 rings (SSSR count). The van der Waals surface area contributed by atoms with E-state index < -0.39 is 23.4 Å². The lowest BCUT2D eigenvalue weighted by atomic mass is 9.86. The summed E-state index contributed by atoms with van der Waals surface area (Å²) in [4.78, 5) is 23.7. The van der Waals surface area contributed by atoms with Crippen LogP contribution in [-0.4, -0.2) is 39.7 Å². The van der Waals surface area contributed by atoms with Crippen LogP contribution in [0.1, 0.15) is 56.7 Å². The predicted octanol–water partition coefficient (Wildman–Crippen LogP) is 5.83. The predicted molar refractivity (Wildman–Crippen MR) is 139 cm³/mol. The highest BCUT2D eigenvalue weighted by Gasteiger charge is 2.40. The van der Waals surface area contributed by atoms with Crippen LogP contribution in [0.4, 0.5) is 19.0 Å². The van der Waals surface area contributed by atoms with E-state index in [1.165, 1.54) is 23.0 Å². The second kappa shape index (κ2) is 11.6. The lowest BCUT2D eigenvalue weighted by molar-refractivity contribution is -0.0280. The Bertz CT molecular complexity index is 1270. The molecule has 10 heteroatoms. The van der Waals surface area contributed by atoms with Gasteiger partial charge in [-0.1, -0.05) is 39.0 Å². The number of alkyl halides is 2. The van der Waals surface area contributed by atoms with E-state index in [-0.39, 0.29) is 17.7 Å². The SMILES string of the molecule is CC.COC1(c2cc3c(N(C)Cc4cccc(C(F)F)c4F)ncnc3n(C)c2=O)CCSC(C)C1. The summed E-state index contributed by atoms with van der Waals surface area (Å²) in [5.74, 6) is 0.407. The second-order valence-corrected chi connectivity index (χ2v) is 10.2. The van der Waals surface area contributed by atoms with Gasteiger partial charge in [0.05, 0.1) is 22.1 Å². The largest absolute Gasteiger partial charge is 0.373 e. The fourth-order valence-corrected chi connectivity index (χ4v) is 5.94. The minimum Gasteiger partial charge on any atom is -0.373 e. The highest BCUT2D eigenvalue weighted by atomic mass is 32.2. The normalized spacial score (nSPS) is 19.8. The van der Waals surface area contributed by atoms with Crippen LogP contribution in [0.25, 0.3) is 11.0 Å². The number of rotatable bonds is 6. The smallest absolute Gasteiger partial charge is 0.266 e. The van der Waals surface area contributed by atoms with Crippen molar-refractivity contribution in [1.82, 2.24) is 14.5 Å². The minimum atomic E-state index is -2.90. The third-order valence-corrected chi connectivity index (χ3v) is 7.68. The molecule has 36 heavy (non-hydrogen) atoms. The Morgan fingerprint density at radius 1 is 1.31 bits per heavy atom. The van der Waals surface area contributed by atoms with Gasteiger partial charge < -0.3 is 9.64 Å². The van der Waals surface area contributed by atoms with Crippen molar-refractivity contribution in [3.05, 3.63) is 63.5 Å². The molecule has 0 bridgehead atoms. The third-order valence-electron chi connectivity index (χ3n) is 6.50. The van der Waals surface area contributed by atoms with Crippen molar-refractivity contribution < 1.29 is 17.9 Å². The van der Waals surface area contributed by atoms with E-state index in [0.717, 1.165) is 11.8 Å². The first-order chi connectivity index (χ1) is 17.2. The number of halogens is 3. The number of ether oxygens (including phenoxy) is 1. The van der Waals surface area contributed by atoms with Gasteiger partial charge in [-0.3, -0.25) is 9.36 Å². The van der Waals surface area contributed by atoms with E-state index in [1.807, 2.05) is 25.6 Å². The molecule has 1 aliphatic rings. The monoisotopic (exact) mass is 522 g/mol. The van der Waals surface area contributed by atoms with E-state index in [4.69, 9.17) is 4.74 Å². The highest BCUT2D eigenvalue weighted by Crippen LogP contribution is 2.42. The van der Waals surface area contributed by atoms with Crippen LogP contribution in [-0.2, 0) is 23.9 Å². The van der Waals surface area contributed by atoms with Crippen molar-refractivity contribution in [2.45, 2.75) is 57.4 Å². The van der Waals surface area contributed by atoms with E-state index in [2.05, 4.69) is 16.9 Å². The van der Waals surface area contributed by atoms with Crippen molar-refractivity contribution in [1.29, 1.82) is 0 Å². The minimum absolute atomic E-state index is 0.0137. The number of aryl methyl sites for hydroxylation is 1. The van der Waals surface area contributed by atoms with Gasteiger partial charge in [0, 0.05) is 38.6 Å². The van der Waals surface area contributed by atoms with E-state index >= 15 is 0 Å². The lowest BCUT2D eigenvalue weighted by Crippen LogP contribution is -2.41. The van der Waals surface area contributed by atoms with Crippen LogP contribution in [0.3, 0.4) is 0 Å². The van der Waals surface area contributed by atoms with Crippen molar-refractivity contribution in [3.63, 3.8) is 0 Å². The summed E-state index contributed by atoms with van der Waals surface area (Å²) < 4.78 is 48.4. The van der Waals surface area contributed by atoms with Gasteiger partial charge in [-0.2, -0.15) is 11.8 Å². The van der Waals surface area contributed by atoms with Crippen molar-refractivity contribution in [3.8, 4) is 0 Å². The summed E-state index contributed by atoms with van der Waals surface area (Å²) in [7, 11) is 4.98. The molecular formula is C26H33F3N4O2S. The number of pyridine rings is 1. The van der Waals surface area contributed by atoms with Gasteiger partial charge in [0.1, 0.15) is 23.6 Å². The number of hydrogen-bond donors (Lipinski definition) is 0. The molecule has 1 fully saturated rings. The van der Waals surface area contributed by atoms with Crippen LogP contribution in [0, 0.1) is 5.82 Å². The number of benzene rings is 1. The number of anilines is 1. The summed E-state index contributed by atoms with van der Waals surface area (Å²) in [5.41, 5.74) is -0.448. The maximum absolute atomic E-state index is 14.7. The van der Waals surface area contributed by atoms with Crippen LogP contribution >= 0.6 is 11.8 Å². The quantitative estimate of drug-likeness (QED) is 0.406. The summed E-state index contributed by atoms with van der Waals surface area (Å²) in [6, 6.07) is 5.75. The van der Waals surface area contributed by atoms with Gasteiger partial charge in [-0.05, 0) is 24.7 Å². The number of fused-ring (bicyclic) bond motifs is 1. The molecule has 2 aromatic heterocycles. The average Bonchev–Trinajstić information content (AvgIpc) is 2.87. The van der Waals surface area contributed by atoms with Crippen LogP contribution in [0.2, 0.25) is 0 Å². The van der Waals surface area contributed by atoms with Gasteiger partial charge in [-0.25, -0.2) is 23.1 Å². The Kier molecular flexibility index (Phi) is 9.05. The fraction of sp³-hybridized carbons (Fsp3) is 0.500. The van der Waals surface area contributed by atoms with Gasteiger partial charge in [0.15, 0.2) is 0 Å². The Hall–Kier alpha value is -2.59. The molecule has 1 aromatic carbocycles. The Balaban J connectivity index is 0.00000176. The Morgan fingerprint density at radius 3 is 2.67 bits per heavy atom. The molecule has 0 radical (unpaired) electrons. The third kappa shape index (κ3) is 5.25. The Morgan fingerprint density at radius 2 is 2.03 bits per heavy atom. The second-order valence-electron chi connectivity index (χ2n) is 8.67. The molecule has 1 aliphatic heterocycles. The molecule has 0 saturated carbocycles. The first-order valence-electron chi connectivity index (χ1n) is 12.0. The molecule has 0 spiro atoms. The molecule has 2 atom stereocenters. The maximum Gasteiger partial charge on any atom is 0.266 e. The highest BCUT2D eigenvalue weighted by molar-refractivity contribution is 7.99. The molecule has 0 N–H and O–H groups in total. The summed E-state index contributed by atoms with van der Waals surface area (Å²) in [6.07, 6.45) is -0.170. The fourth-order valence-electron chi connectivity index (χ4n) is 4.70. The topological polar surface area (TPSA) is 60.2 Å². The van der Waals surface area contributed by atoms with Crippen LogP contribution in [0.5, 0.6) is 0 Å². The number of nitrogens with zero attached hydrogens (tertiary/aromatic N) is 4. The first kappa shape index (κ1) is 28.0. The van der Waals surface area contributed by atoms with Crippen LogP contribution < -0.4 is 10.5 Å². The lowest BCUT2D eigenvalue weighted by Gasteiger charge is -2.38. The van der Waals surface area contributed by atoms with E-state index in [1.54, 1.807) is 32.2 Å². The van der Waals surface area contributed by atoms with E-state index in [9.17, 15) is 18.0 Å². The van der Waals surface area contributed by atoms with E-state index in [0.29, 0.717) is 40.5 Å². The molecule has 6 nitrogen and oxygen atoms in total. The van der Waals surface area contributed by atoms with Crippen LogP contribution in [0.15, 0.2) is 35.4 Å². The number of methoxy groups -OCH3 is 1. The molecule has 2 unspecified atom stereocenters. The molecule has 0 aliphatic carbocycles. The summed E-state index contributed by atoms with van der Waals surface area (Å²) in [6.45, 7) is 6.13. The number of aromatic nitrogens is 3. The summed E-state index contributed by atoms with van der Waals surface area (Å²) in [5, 5.41) is 0.934. The zero-order valence-corrected chi connectivity index (χ0v) is 22.3. The number of hydrogen-bond acceptors (Lipinski definition) is 6. The molecule has 196 valence electrons. The zero-order valence-electron chi connectivity index (χ0n) is 21.5. The first-order valence-corrected chi connectivity index (χ1v) is 13.0. The van der Waals surface area contributed by atoms with Crippen molar-refractivity contribution in [2.24, 2.45) is 7.05 Å². The molecule has 0 amide bonds. The van der Waals surface area contributed by atoms with Gasteiger partial charge in [-0.15, -0.1) is 0 Å². The average molecular weight is 523 g/mol. The number of thioether (sulfide) groups is 1. The van der Waals surface area contributed by atoms with Gasteiger partial charge in [0.25, 0.3) is 12.0 Å². The molecule has 1 saturated heterocycles. The van der Waals surface area contributed by atoms with Crippen molar-refractivity contribution >= 4 is 28.6 Å². The van der Waals surface area contributed by atoms with Crippen molar-refractivity contribution in [2.75, 3.05) is 24.8 Å². The zero-order chi connectivity index (χ0) is 26.6.